The third kappa shape index (κ3) is 2.64. The Bertz CT molecular complexity index is 330. The van der Waals surface area contributed by atoms with Gasteiger partial charge in [0.15, 0.2) is 0 Å². The molecule has 1 N–H and O–H groups in total. The fourth-order valence-corrected chi connectivity index (χ4v) is 2.06. The quantitative estimate of drug-likeness (QED) is 0.808. The predicted octanol–water partition coefficient (Wildman–Crippen LogP) is 0.920. The standard InChI is InChI=1S/C12H20N2O2/c1-14-5-3-11(8-14)7-13-9-12(15-2)4-6-16-10-12/h3,5,8,13H,4,6-7,9-10H2,1-2H3. The van der Waals surface area contributed by atoms with Crippen LogP contribution in [0.1, 0.15) is 12.0 Å². The summed E-state index contributed by atoms with van der Waals surface area (Å²) in [6.45, 7) is 3.23. The van der Waals surface area contributed by atoms with E-state index in [4.69, 9.17) is 9.47 Å². The van der Waals surface area contributed by atoms with E-state index < -0.39 is 0 Å². The van der Waals surface area contributed by atoms with Gasteiger partial charge in [0.2, 0.25) is 0 Å². The summed E-state index contributed by atoms with van der Waals surface area (Å²) in [6, 6.07) is 2.12. The van der Waals surface area contributed by atoms with Crippen LogP contribution in [0.15, 0.2) is 18.5 Å². The maximum Gasteiger partial charge on any atom is 0.106 e. The number of nitrogens with one attached hydrogen (secondary N) is 1. The van der Waals surface area contributed by atoms with Gasteiger partial charge in [-0.25, -0.2) is 0 Å². The summed E-state index contributed by atoms with van der Waals surface area (Å²) in [7, 11) is 3.80. The molecule has 1 atom stereocenters. The second-order valence-corrected chi connectivity index (χ2v) is 4.48. The van der Waals surface area contributed by atoms with Gasteiger partial charge in [-0.05, 0) is 11.6 Å². The lowest BCUT2D eigenvalue weighted by Crippen LogP contribution is -2.42. The number of hydrogen-bond acceptors (Lipinski definition) is 3. The Morgan fingerprint density at radius 1 is 1.62 bits per heavy atom. The van der Waals surface area contributed by atoms with Crippen molar-refractivity contribution in [1.29, 1.82) is 0 Å². The SMILES string of the molecule is COC1(CNCc2ccn(C)c2)CCOC1. The van der Waals surface area contributed by atoms with Gasteiger partial charge in [-0.15, -0.1) is 0 Å². The van der Waals surface area contributed by atoms with Crippen LogP contribution in [0.2, 0.25) is 0 Å². The highest BCUT2D eigenvalue weighted by Crippen LogP contribution is 2.21. The second-order valence-electron chi connectivity index (χ2n) is 4.48. The fraction of sp³-hybridized carbons (Fsp3) is 0.667. The lowest BCUT2D eigenvalue weighted by atomic mass is 10.0. The van der Waals surface area contributed by atoms with Crippen LogP contribution in [-0.2, 0) is 23.1 Å². The summed E-state index contributed by atoms with van der Waals surface area (Å²) in [6.07, 6.45) is 5.16. The molecule has 16 heavy (non-hydrogen) atoms. The first kappa shape index (κ1) is 11.6. The molecule has 1 aromatic heterocycles. The predicted molar refractivity (Wildman–Crippen MR) is 62.3 cm³/mol. The molecule has 4 heteroatoms. The largest absolute Gasteiger partial charge is 0.378 e. The van der Waals surface area contributed by atoms with Gasteiger partial charge in [-0.3, -0.25) is 0 Å². The first-order chi connectivity index (χ1) is 7.74. The number of aryl methyl sites for hydroxylation is 1. The fourth-order valence-electron chi connectivity index (χ4n) is 2.06. The molecule has 90 valence electrons. The topological polar surface area (TPSA) is 35.4 Å². The number of ether oxygens (including phenoxy) is 2. The van der Waals surface area contributed by atoms with Crippen molar-refractivity contribution in [3.8, 4) is 0 Å². The molecule has 1 aliphatic rings. The van der Waals surface area contributed by atoms with E-state index >= 15 is 0 Å². The molecular formula is C12H20N2O2. The number of rotatable bonds is 5. The van der Waals surface area contributed by atoms with E-state index in [0.29, 0.717) is 6.61 Å². The molecule has 1 unspecified atom stereocenters. The van der Waals surface area contributed by atoms with Crippen LogP contribution in [0.3, 0.4) is 0 Å². The zero-order valence-electron chi connectivity index (χ0n) is 10.0. The van der Waals surface area contributed by atoms with Crippen molar-refractivity contribution in [2.24, 2.45) is 7.05 Å². The van der Waals surface area contributed by atoms with E-state index in [9.17, 15) is 0 Å². The van der Waals surface area contributed by atoms with Crippen LogP contribution in [0, 0.1) is 0 Å². The second kappa shape index (κ2) is 4.99. The van der Waals surface area contributed by atoms with E-state index in [1.807, 2.05) is 7.05 Å². The first-order valence-electron chi connectivity index (χ1n) is 5.69. The van der Waals surface area contributed by atoms with Gasteiger partial charge in [0.25, 0.3) is 0 Å². The molecule has 1 saturated heterocycles. The Morgan fingerprint density at radius 2 is 2.50 bits per heavy atom. The molecule has 1 aromatic rings. The van der Waals surface area contributed by atoms with E-state index in [1.165, 1.54) is 5.56 Å². The molecule has 2 rings (SSSR count). The molecule has 2 heterocycles. The number of aromatic nitrogens is 1. The Kier molecular flexibility index (Phi) is 3.63. The van der Waals surface area contributed by atoms with Gasteiger partial charge < -0.3 is 19.4 Å². The highest BCUT2D eigenvalue weighted by atomic mass is 16.5. The molecular weight excluding hydrogens is 204 g/mol. The monoisotopic (exact) mass is 224 g/mol. The van der Waals surface area contributed by atoms with Gasteiger partial charge in [-0.1, -0.05) is 0 Å². The van der Waals surface area contributed by atoms with Crippen molar-refractivity contribution in [2.45, 2.75) is 18.6 Å². The van der Waals surface area contributed by atoms with E-state index in [0.717, 1.165) is 26.1 Å². The maximum atomic E-state index is 5.55. The summed E-state index contributed by atoms with van der Waals surface area (Å²) >= 11 is 0. The average Bonchev–Trinajstić information content (AvgIpc) is 2.89. The summed E-state index contributed by atoms with van der Waals surface area (Å²) in [5, 5.41) is 3.43. The van der Waals surface area contributed by atoms with Gasteiger partial charge in [0.05, 0.1) is 6.61 Å². The summed E-state index contributed by atoms with van der Waals surface area (Å²) in [4.78, 5) is 0. The van der Waals surface area contributed by atoms with Crippen LogP contribution in [0.25, 0.3) is 0 Å². The lowest BCUT2D eigenvalue weighted by molar-refractivity contribution is -0.0159. The Morgan fingerprint density at radius 3 is 3.06 bits per heavy atom. The molecule has 0 spiro atoms. The zero-order valence-corrected chi connectivity index (χ0v) is 10.0. The maximum absolute atomic E-state index is 5.55. The molecule has 1 fully saturated rings. The summed E-state index contributed by atoms with van der Waals surface area (Å²) < 4.78 is 13.0. The van der Waals surface area contributed by atoms with Crippen molar-refractivity contribution >= 4 is 0 Å². The average molecular weight is 224 g/mol. The van der Waals surface area contributed by atoms with Gasteiger partial charge >= 0.3 is 0 Å². The van der Waals surface area contributed by atoms with E-state index in [-0.39, 0.29) is 5.60 Å². The van der Waals surface area contributed by atoms with E-state index in [1.54, 1.807) is 7.11 Å². The van der Waals surface area contributed by atoms with Crippen LogP contribution < -0.4 is 5.32 Å². The lowest BCUT2D eigenvalue weighted by Gasteiger charge is -2.25. The molecule has 0 amide bonds. The van der Waals surface area contributed by atoms with Crippen molar-refractivity contribution in [3.05, 3.63) is 24.0 Å². The molecule has 0 radical (unpaired) electrons. The Balaban J connectivity index is 1.78. The Hall–Kier alpha value is -0.840. The molecule has 0 aliphatic carbocycles. The van der Waals surface area contributed by atoms with Crippen LogP contribution in [-0.4, -0.2) is 37.0 Å². The normalized spacial score (nSPS) is 25.1. The summed E-state index contributed by atoms with van der Waals surface area (Å²) in [5.74, 6) is 0. The van der Waals surface area contributed by atoms with E-state index in [2.05, 4.69) is 28.3 Å². The van der Waals surface area contributed by atoms with Crippen molar-refractivity contribution < 1.29 is 9.47 Å². The number of hydrogen-bond donors (Lipinski definition) is 1. The molecule has 4 nitrogen and oxygen atoms in total. The van der Waals surface area contributed by atoms with Gasteiger partial charge in [-0.2, -0.15) is 0 Å². The first-order valence-corrected chi connectivity index (χ1v) is 5.69. The Labute approximate surface area is 96.5 Å². The number of methoxy groups -OCH3 is 1. The highest BCUT2D eigenvalue weighted by Gasteiger charge is 2.34. The van der Waals surface area contributed by atoms with Crippen molar-refractivity contribution in [2.75, 3.05) is 26.9 Å². The minimum absolute atomic E-state index is 0.116. The smallest absolute Gasteiger partial charge is 0.106 e. The third-order valence-corrected chi connectivity index (χ3v) is 3.17. The zero-order chi connectivity index (χ0) is 11.4. The van der Waals surface area contributed by atoms with Crippen LogP contribution >= 0.6 is 0 Å². The minimum atomic E-state index is -0.116. The van der Waals surface area contributed by atoms with Crippen LogP contribution in [0.5, 0.6) is 0 Å². The van der Waals surface area contributed by atoms with Gasteiger partial charge in [0.1, 0.15) is 5.60 Å². The highest BCUT2D eigenvalue weighted by molar-refractivity contribution is 5.09. The van der Waals surface area contributed by atoms with Crippen molar-refractivity contribution in [1.82, 2.24) is 9.88 Å². The van der Waals surface area contributed by atoms with Crippen molar-refractivity contribution in [3.63, 3.8) is 0 Å². The van der Waals surface area contributed by atoms with Crippen LogP contribution in [0.4, 0.5) is 0 Å². The molecule has 0 aromatic carbocycles. The summed E-state index contributed by atoms with van der Waals surface area (Å²) in [5.41, 5.74) is 1.18. The third-order valence-electron chi connectivity index (χ3n) is 3.17. The van der Waals surface area contributed by atoms with Gasteiger partial charge in [0, 0.05) is 52.7 Å². The molecule has 0 saturated carbocycles. The minimum Gasteiger partial charge on any atom is -0.378 e. The number of nitrogens with zero attached hydrogens (tertiary/aromatic N) is 1. The molecule has 1 aliphatic heterocycles. The molecule has 0 bridgehead atoms.